The Labute approximate surface area is 160 Å². The van der Waals surface area contributed by atoms with Gasteiger partial charge in [0, 0.05) is 10.7 Å². The number of ether oxygens (including phenoxy) is 1. The molecule has 2 aromatic rings. The number of sulfonamides is 1. The largest absolute Gasteiger partial charge is 0.452 e. The van der Waals surface area contributed by atoms with E-state index in [0.29, 0.717) is 16.3 Å². The smallest absolute Gasteiger partial charge is 0.338 e. The molecular weight excluding hydrogens is 403 g/mol. The summed E-state index contributed by atoms with van der Waals surface area (Å²) in [6, 6.07) is 8.44. The van der Waals surface area contributed by atoms with Gasteiger partial charge < -0.3 is 10.1 Å². The fourth-order valence-electron chi connectivity index (χ4n) is 1.99. The van der Waals surface area contributed by atoms with Crippen LogP contribution in [-0.2, 0) is 19.6 Å². The van der Waals surface area contributed by atoms with E-state index in [-0.39, 0.29) is 10.6 Å². The molecular formula is C16H14Cl2N2O5S. The molecule has 7 nitrogen and oxygen atoms in total. The molecule has 0 radical (unpaired) electrons. The van der Waals surface area contributed by atoms with Crippen molar-refractivity contribution < 1.29 is 22.7 Å². The van der Waals surface area contributed by atoms with Gasteiger partial charge >= 0.3 is 5.97 Å². The highest BCUT2D eigenvalue weighted by Gasteiger charge is 2.18. The Morgan fingerprint density at radius 3 is 2.50 bits per heavy atom. The topological polar surface area (TPSA) is 116 Å². The SMILES string of the molecule is Cc1c(Cl)cccc1NC(=O)COC(=O)c1ccc(Cl)c(S(N)(=O)=O)c1. The molecule has 0 saturated carbocycles. The Morgan fingerprint density at radius 1 is 1.15 bits per heavy atom. The van der Waals surface area contributed by atoms with E-state index in [1.807, 2.05) is 0 Å². The zero-order valence-electron chi connectivity index (χ0n) is 13.5. The van der Waals surface area contributed by atoms with Crippen LogP contribution >= 0.6 is 23.2 Å². The third-order valence-electron chi connectivity index (χ3n) is 3.35. The number of amides is 1. The lowest BCUT2D eigenvalue weighted by Crippen LogP contribution is -2.21. The summed E-state index contributed by atoms with van der Waals surface area (Å²) in [5, 5.41) is 7.94. The van der Waals surface area contributed by atoms with Crippen molar-refractivity contribution in [1.82, 2.24) is 0 Å². The minimum absolute atomic E-state index is 0.106. The summed E-state index contributed by atoms with van der Waals surface area (Å²) in [6.45, 7) is 1.16. The van der Waals surface area contributed by atoms with Crippen LogP contribution in [0.1, 0.15) is 15.9 Å². The van der Waals surface area contributed by atoms with Gasteiger partial charge in [-0.1, -0.05) is 29.3 Å². The maximum atomic E-state index is 12.0. The molecule has 0 fully saturated rings. The van der Waals surface area contributed by atoms with E-state index in [1.54, 1.807) is 25.1 Å². The zero-order valence-corrected chi connectivity index (χ0v) is 15.8. The number of nitrogens with two attached hydrogens (primary N) is 1. The van der Waals surface area contributed by atoms with Crippen molar-refractivity contribution in [2.45, 2.75) is 11.8 Å². The van der Waals surface area contributed by atoms with E-state index in [2.05, 4.69) is 5.32 Å². The summed E-state index contributed by atoms with van der Waals surface area (Å²) < 4.78 is 27.7. The Bertz CT molecular complexity index is 977. The van der Waals surface area contributed by atoms with E-state index in [4.69, 9.17) is 33.1 Å². The van der Waals surface area contributed by atoms with Crippen LogP contribution in [0, 0.1) is 6.92 Å². The van der Waals surface area contributed by atoms with Crippen LogP contribution in [-0.4, -0.2) is 26.9 Å². The van der Waals surface area contributed by atoms with Crippen molar-refractivity contribution in [1.29, 1.82) is 0 Å². The fraction of sp³-hybridized carbons (Fsp3) is 0.125. The van der Waals surface area contributed by atoms with Gasteiger partial charge in [-0.3, -0.25) is 4.79 Å². The van der Waals surface area contributed by atoms with Crippen LogP contribution < -0.4 is 10.5 Å². The van der Waals surface area contributed by atoms with Crippen molar-refractivity contribution in [3.63, 3.8) is 0 Å². The number of nitrogens with one attached hydrogen (secondary N) is 1. The zero-order chi connectivity index (χ0) is 19.5. The Balaban J connectivity index is 2.05. The van der Waals surface area contributed by atoms with E-state index in [9.17, 15) is 18.0 Å². The van der Waals surface area contributed by atoms with Crippen LogP contribution in [0.2, 0.25) is 10.0 Å². The first kappa shape index (κ1) is 20.2. The van der Waals surface area contributed by atoms with Crippen LogP contribution in [0.5, 0.6) is 0 Å². The first-order valence-electron chi connectivity index (χ1n) is 7.14. The molecule has 0 spiro atoms. The number of benzene rings is 2. The fourth-order valence-corrected chi connectivity index (χ4v) is 3.24. The van der Waals surface area contributed by atoms with Gasteiger partial charge in [0.2, 0.25) is 10.0 Å². The number of hydrogen-bond donors (Lipinski definition) is 2. The number of halogens is 2. The molecule has 0 bridgehead atoms. The molecule has 0 aliphatic rings. The van der Waals surface area contributed by atoms with Crippen molar-refractivity contribution >= 4 is 50.8 Å². The molecule has 26 heavy (non-hydrogen) atoms. The molecule has 0 saturated heterocycles. The number of rotatable bonds is 5. The van der Waals surface area contributed by atoms with Crippen LogP contribution in [0.25, 0.3) is 0 Å². The van der Waals surface area contributed by atoms with Gasteiger partial charge in [-0.2, -0.15) is 0 Å². The molecule has 0 aliphatic carbocycles. The van der Waals surface area contributed by atoms with Gasteiger partial charge in [0.15, 0.2) is 6.61 Å². The van der Waals surface area contributed by atoms with Gasteiger partial charge in [0.1, 0.15) is 4.90 Å². The van der Waals surface area contributed by atoms with Crippen LogP contribution in [0.15, 0.2) is 41.3 Å². The highest BCUT2D eigenvalue weighted by atomic mass is 35.5. The molecule has 10 heteroatoms. The Hall–Kier alpha value is -2.13. The third kappa shape index (κ3) is 4.95. The normalized spacial score (nSPS) is 11.1. The first-order chi connectivity index (χ1) is 12.1. The highest BCUT2D eigenvalue weighted by Crippen LogP contribution is 2.23. The third-order valence-corrected chi connectivity index (χ3v) is 5.15. The standard InChI is InChI=1S/C16H14Cl2N2O5S/c1-9-11(17)3-2-4-13(9)20-15(21)8-25-16(22)10-5-6-12(18)14(7-10)26(19,23)24/h2-7H,8H2,1H3,(H,20,21)(H2,19,23,24). The number of carbonyl (C=O) groups is 2. The highest BCUT2D eigenvalue weighted by molar-refractivity contribution is 7.89. The first-order valence-corrected chi connectivity index (χ1v) is 9.44. The molecule has 2 aromatic carbocycles. The number of carbonyl (C=O) groups excluding carboxylic acids is 2. The quantitative estimate of drug-likeness (QED) is 0.726. The molecule has 2 rings (SSSR count). The van der Waals surface area contributed by atoms with Crippen molar-refractivity contribution in [2.75, 3.05) is 11.9 Å². The van der Waals surface area contributed by atoms with E-state index >= 15 is 0 Å². The summed E-state index contributed by atoms with van der Waals surface area (Å²) in [4.78, 5) is 23.5. The summed E-state index contributed by atoms with van der Waals surface area (Å²) in [6.07, 6.45) is 0. The summed E-state index contributed by atoms with van der Waals surface area (Å²) >= 11 is 11.7. The Kier molecular flexibility index (Phi) is 6.25. The second-order valence-corrected chi connectivity index (χ2v) is 7.57. The van der Waals surface area contributed by atoms with Crippen LogP contribution in [0.3, 0.4) is 0 Å². The lowest BCUT2D eigenvalue weighted by molar-refractivity contribution is -0.119. The maximum Gasteiger partial charge on any atom is 0.338 e. The number of esters is 1. The van der Waals surface area contributed by atoms with E-state index < -0.39 is 33.4 Å². The van der Waals surface area contributed by atoms with Gasteiger partial charge in [0.25, 0.3) is 5.91 Å². The lowest BCUT2D eigenvalue weighted by atomic mass is 10.2. The summed E-state index contributed by atoms with van der Waals surface area (Å²) in [5.74, 6) is -1.48. The molecule has 138 valence electrons. The Morgan fingerprint density at radius 2 is 1.85 bits per heavy atom. The second kappa shape index (κ2) is 8.05. The predicted octanol–water partition coefficient (Wildman–Crippen LogP) is 2.74. The minimum atomic E-state index is -4.10. The molecule has 0 atom stereocenters. The number of anilines is 1. The number of hydrogen-bond acceptors (Lipinski definition) is 5. The lowest BCUT2D eigenvalue weighted by Gasteiger charge is -2.10. The van der Waals surface area contributed by atoms with Gasteiger partial charge in [-0.25, -0.2) is 18.4 Å². The van der Waals surface area contributed by atoms with Crippen LogP contribution in [0.4, 0.5) is 5.69 Å². The van der Waals surface area contributed by atoms with Gasteiger partial charge in [-0.05, 0) is 42.8 Å². The van der Waals surface area contributed by atoms with Crippen molar-refractivity contribution in [3.8, 4) is 0 Å². The van der Waals surface area contributed by atoms with Gasteiger partial charge in [0.05, 0.1) is 10.6 Å². The average molecular weight is 417 g/mol. The van der Waals surface area contributed by atoms with Crippen molar-refractivity contribution in [2.24, 2.45) is 5.14 Å². The molecule has 3 N–H and O–H groups in total. The molecule has 0 aromatic heterocycles. The average Bonchev–Trinajstić information content (AvgIpc) is 2.56. The van der Waals surface area contributed by atoms with E-state index in [1.165, 1.54) is 12.1 Å². The van der Waals surface area contributed by atoms with Crippen molar-refractivity contribution in [3.05, 3.63) is 57.6 Å². The number of primary sulfonamides is 1. The molecule has 0 heterocycles. The maximum absolute atomic E-state index is 12.0. The minimum Gasteiger partial charge on any atom is -0.452 e. The second-order valence-electron chi connectivity index (χ2n) is 5.23. The predicted molar refractivity (Wildman–Crippen MR) is 97.9 cm³/mol. The molecule has 0 aliphatic heterocycles. The van der Waals surface area contributed by atoms with E-state index in [0.717, 1.165) is 6.07 Å². The summed E-state index contributed by atoms with van der Waals surface area (Å²) in [5.41, 5.74) is 1.05. The van der Waals surface area contributed by atoms with Gasteiger partial charge in [-0.15, -0.1) is 0 Å². The monoisotopic (exact) mass is 416 g/mol. The summed E-state index contributed by atoms with van der Waals surface area (Å²) in [7, 11) is -4.10. The molecule has 1 amide bonds. The molecule has 0 unspecified atom stereocenters.